The van der Waals surface area contributed by atoms with Gasteiger partial charge in [-0.3, -0.25) is 0 Å². The van der Waals surface area contributed by atoms with Gasteiger partial charge in [0.25, 0.3) is 0 Å². The van der Waals surface area contributed by atoms with Gasteiger partial charge in [0.15, 0.2) is 0 Å². The quantitative estimate of drug-likeness (QED) is 0.826. The van der Waals surface area contributed by atoms with Gasteiger partial charge in [0, 0.05) is 12.2 Å². The Kier molecular flexibility index (Phi) is 5.28. The third-order valence-electron chi connectivity index (χ3n) is 2.99. The van der Waals surface area contributed by atoms with E-state index in [9.17, 15) is 4.79 Å². The van der Waals surface area contributed by atoms with Gasteiger partial charge in [-0.05, 0) is 49.7 Å². The van der Waals surface area contributed by atoms with E-state index >= 15 is 0 Å². The Balaban J connectivity index is 2.01. The van der Waals surface area contributed by atoms with Crippen LogP contribution in [0.1, 0.15) is 29.8 Å². The molecular weight excluding hydrogens is 302 g/mol. The molecule has 0 aliphatic heterocycles. The van der Waals surface area contributed by atoms with Gasteiger partial charge >= 0.3 is 5.97 Å². The lowest BCUT2D eigenvalue weighted by atomic mass is 10.1. The number of anilines is 1. The average molecular weight is 320 g/mol. The summed E-state index contributed by atoms with van der Waals surface area (Å²) in [6.07, 6.45) is 0.146. The molecule has 116 valence electrons. The van der Waals surface area contributed by atoms with Crippen molar-refractivity contribution in [1.82, 2.24) is 0 Å². The third-order valence-corrected chi connectivity index (χ3v) is 3.32. The minimum Gasteiger partial charge on any atom is -0.491 e. The van der Waals surface area contributed by atoms with Crippen LogP contribution in [-0.2, 0) is 6.54 Å². The van der Waals surface area contributed by atoms with Crippen molar-refractivity contribution in [2.45, 2.75) is 26.5 Å². The van der Waals surface area contributed by atoms with Crippen molar-refractivity contribution in [3.63, 3.8) is 0 Å². The molecule has 0 saturated heterocycles. The number of aromatic carboxylic acids is 1. The standard InChI is InChI=1S/C17H18ClNO3/c1-11(2)22-14-6-3-12(4-7-14)10-19-13-5-8-16(18)15(9-13)17(20)21/h3-9,11,19H,10H2,1-2H3,(H,20,21). The summed E-state index contributed by atoms with van der Waals surface area (Å²) in [5.74, 6) is -0.206. The molecule has 0 amide bonds. The molecule has 2 rings (SSSR count). The molecule has 2 N–H and O–H groups in total. The lowest BCUT2D eigenvalue weighted by Gasteiger charge is -2.11. The second kappa shape index (κ2) is 7.18. The normalized spacial score (nSPS) is 10.5. The number of ether oxygens (including phenoxy) is 1. The van der Waals surface area contributed by atoms with Gasteiger partial charge < -0.3 is 15.2 Å². The Morgan fingerprint density at radius 1 is 1.23 bits per heavy atom. The number of rotatable bonds is 6. The van der Waals surface area contributed by atoms with Crippen LogP contribution in [-0.4, -0.2) is 17.2 Å². The molecule has 2 aromatic rings. The molecule has 0 bridgehead atoms. The Hall–Kier alpha value is -2.20. The number of hydrogen-bond donors (Lipinski definition) is 2. The van der Waals surface area contributed by atoms with Crippen LogP contribution >= 0.6 is 11.6 Å². The van der Waals surface area contributed by atoms with Crippen molar-refractivity contribution in [2.75, 3.05) is 5.32 Å². The summed E-state index contributed by atoms with van der Waals surface area (Å²) in [4.78, 5) is 11.0. The Bertz CT molecular complexity index is 653. The fourth-order valence-corrected chi connectivity index (χ4v) is 2.16. The molecular formula is C17H18ClNO3. The van der Waals surface area contributed by atoms with Crippen LogP contribution in [0, 0.1) is 0 Å². The molecule has 0 saturated carbocycles. The average Bonchev–Trinajstić information content (AvgIpc) is 2.47. The lowest BCUT2D eigenvalue weighted by Crippen LogP contribution is -2.06. The zero-order valence-electron chi connectivity index (χ0n) is 12.5. The van der Waals surface area contributed by atoms with Gasteiger partial charge in [-0.15, -0.1) is 0 Å². The number of carbonyl (C=O) groups is 1. The smallest absolute Gasteiger partial charge is 0.337 e. The first kappa shape index (κ1) is 16.2. The number of halogens is 1. The minimum atomic E-state index is -1.04. The van der Waals surface area contributed by atoms with Crippen LogP contribution in [0.5, 0.6) is 5.75 Å². The molecule has 0 spiro atoms. The van der Waals surface area contributed by atoms with E-state index in [1.54, 1.807) is 12.1 Å². The Morgan fingerprint density at radius 3 is 2.50 bits per heavy atom. The molecule has 2 aromatic carbocycles. The number of benzene rings is 2. The first-order valence-electron chi connectivity index (χ1n) is 6.98. The molecule has 0 radical (unpaired) electrons. The maximum absolute atomic E-state index is 11.0. The topological polar surface area (TPSA) is 58.6 Å². The van der Waals surface area contributed by atoms with E-state index < -0.39 is 5.97 Å². The third kappa shape index (κ3) is 4.40. The first-order valence-corrected chi connectivity index (χ1v) is 7.36. The predicted octanol–water partition coefficient (Wildman–Crippen LogP) is 4.44. The predicted molar refractivity (Wildman–Crippen MR) is 87.9 cm³/mol. The molecule has 5 heteroatoms. The first-order chi connectivity index (χ1) is 10.5. The number of carboxylic acids is 1. The summed E-state index contributed by atoms with van der Waals surface area (Å²) in [7, 11) is 0. The Morgan fingerprint density at radius 2 is 1.91 bits per heavy atom. The van der Waals surface area contributed by atoms with Crippen molar-refractivity contribution in [2.24, 2.45) is 0 Å². The molecule has 0 fully saturated rings. The summed E-state index contributed by atoms with van der Waals surface area (Å²) in [6, 6.07) is 12.6. The lowest BCUT2D eigenvalue weighted by molar-refractivity contribution is 0.0697. The van der Waals surface area contributed by atoms with Gasteiger partial charge in [-0.2, -0.15) is 0 Å². The van der Waals surface area contributed by atoms with Gasteiger partial charge in [-0.1, -0.05) is 23.7 Å². The number of hydrogen-bond acceptors (Lipinski definition) is 3. The van der Waals surface area contributed by atoms with Crippen molar-refractivity contribution in [1.29, 1.82) is 0 Å². The van der Waals surface area contributed by atoms with E-state index in [-0.39, 0.29) is 16.7 Å². The van der Waals surface area contributed by atoms with Crippen LogP contribution in [0.2, 0.25) is 5.02 Å². The second-order valence-electron chi connectivity index (χ2n) is 5.16. The molecule has 0 aliphatic carbocycles. The van der Waals surface area contributed by atoms with E-state index in [1.807, 2.05) is 38.1 Å². The van der Waals surface area contributed by atoms with E-state index in [4.69, 9.17) is 21.4 Å². The van der Waals surface area contributed by atoms with Crippen molar-refractivity contribution < 1.29 is 14.6 Å². The largest absolute Gasteiger partial charge is 0.491 e. The number of nitrogens with one attached hydrogen (secondary N) is 1. The second-order valence-corrected chi connectivity index (χ2v) is 5.57. The highest BCUT2D eigenvalue weighted by molar-refractivity contribution is 6.33. The van der Waals surface area contributed by atoms with E-state index in [0.717, 1.165) is 11.3 Å². The van der Waals surface area contributed by atoms with Crippen LogP contribution < -0.4 is 10.1 Å². The molecule has 22 heavy (non-hydrogen) atoms. The molecule has 0 heterocycles. The highest BCUT2D eigenvalue weighted by Crippen LogP contribution is 2.21. The molecule has 0 atom stereocenters. The van der Waals surface area contributed by atoms with Crippen LogP contribution in [0.3, 0.4) is 0 Å². The molecule has 4 nitrogen and oxygen atoms in total. The fraction of sp³-hybridized carbons (Fsp3) is 0.235. The van der Waals surface area contributed by atoms with Gasteiger partial charge in [-0.25, -0.2) is 4.79 Å². The maximum Gasteiger partial charge on any atom is 0.337 e. The summed E-state index contributed by atoms with van der Waals surface area (Å²) in [6.45, 7) is 4.55. The number of carboxylic acid groups (broad SMARTS) is 1. The van der Waals surface area contributed by atoms with E-state index in [1.165, 1.54) is 6.07 Å². The van der Waals surface area contributed by atoms with E-state index in [0.29, 0.717) is 12.2 Å². The molecule has 0 aromatic heterocycles. The zero-order valence-corrected chi connectivity index (χ0v) is 13.2. The van der Waals surface area contributed by atoms with Crippen molar-refractivity contribution in [3.05, 3.63) is 58.6 Å². The summed E-state index contributed by atoms with van der Waals surface area (Å²) >= 11 is 5.84. The van der Waals surface area contributed by atoms with Crippen molar-refractivity contribution in [3.8, 4) is 5.75 Å². The molecule has 0 unspecified atom stereocenters. The van der Waals surface area contributed by atoms with Gasteiger partial charge in [0.2, 0.25) is 0 Å². The molecule has 0 aliphatic rings. The summed E-state index contributed by atoms with van der Waals surface area (Å²) in [5, 5.41) is 12.5. The highest BCUT2D eigenvalue weighted by atomic mass is 35.5. The highest BCUT2D eigenvalue weighted by Gasteiger charge is 2.09. The van der Waals surface area contributed by atoms with E-state index in [2.05, 4.69) is 5.32 Å². The zero-order chi connectivity index (χ0) is 16.1. The monoisotopic (exact) mass is 319 g/mol. The summed E-state index contributed by atoms with van der Waals surface area (Å²) in [5.41, 5.74) is 1.87. The minimum absolute atomic E-state index is 0.0901. The Labute approximate surface area is 134 Å². The van der Waals surface area contributed by atoms with Gasteiger partial charge in [0.1, 0.15) is 5.75 Å². The van der Waals surface area contributed by atoms with Gasteiger partial charge in [0.05, 0.1) is 16.7 Å². The SMILES string of the molecule is CC(C)Oc1ccc(CNc2ccc(Cl)c(C(=O)O)c2)cc1. The van der Waals surface area contributed by atoms with Crippen molar-refractivity contribution >= 4 is 23.3 Å². The van der Waals surface area contributed by atoms with Crippen LogP contribution in [0.4, 0.5) is 5.69 Å². The fourth-order valence-electron chi connectivity index (χ4n) is 1.96. The maximum atomic E-state index is 11.0. The van der Waals surface area contributed by atoms with Crippen LogP contribution in [0.15, 0.2) is 42.5 Å². The van der Waals surface area contributed by atoms with Crippen LogP contribution in [0.25, 0.3) is 0 Å². The summed E-state index contributed by atoms with van der Waals surface area (Å²) < 4.78 is 5.59.